The van der Waals surface area contributed by atoms with E-state index in [1.54, 1.807) is 25.2 Å². The van der Waals surface area contributed by atoms with E-state index in [0.29, 0.717) is 48.9 Å². The molecule has 0 saturated carbocycles. The second-order valence-corrected chi connectivity index (χ2v) is 9.49. The monoisotopic (exact) mass is 478 g/mol. The highest BCUT2D eigenvalue weighted by Crippen LogP contribution is 2.33. The van der Waals surface area contributed by atoms with Gasteiger partial charge < -0.3 is 14.8 Å². The van der Waals surface area contributed by atoms with Crippen molar-refractivity contribution in [2.24, 2.45) is 5.41 Å². The fourth-order valence-electron chi connectivity index (χ4n) is 3.91. The molecule has 1 aromatic carbocycles. The number of benzene rings is 1. The standard InChI is InChI=1S/C24H29F3N4O3/c1-23(2,3)20(32)18-14-29-22-21(28-10-6-12-34-19-7-4-5-11-33-19)30-16-13-15(24(25,26)27)8-9-17(16)31(18)22/h8-9,13-14,19H,4-7,10-12H2,1-3H3,(H,28,30). The lowest BCUT2D eigenvalue weighted by molar-refractivity contribution is -0.162. The largest absolute Gasteiger partial charge is 0.416 e. The molecule has 3 aromatic rings. The van der Waals surface area contributed by atoms with Crippen LogP contribution in [0.5, 0.6) is 0 Å². The quantitative estimate of drug-likeness (QED) is 0.358. The number of nitrogens with one attached hydrogen (secondary N) is 1. The second kappa shape index (κ2) is 9.50. The summed E-state index contributed by atoms with van der Waals surface area (Å²) in [7, 11) is 0. The molecule has 34 heavy (non-hydrogen) atoms. The van der Waals surface area contributed by atoms with Gasteiger partial charge >= 0.3 is 6.18 Å². The SMILES string of the molecule is CC(C)(C)C(=O)c1cnc2c(NCCCOC3CCCCO3)nc3cc(C(F)(F)F)ccc3n12. The number of halogens is 3. The predicted octanol–water partition coefficient (Wildman–Crippen LogP) is 5.48. The van der Waals surface area contributed by atoms with E-state index in [1.165, 1.54) is 12.3 Å². The Hall–Kier alpha value is -2.72. The number of imidazole rings is 1. The van der Waals surface area contributed by atoms with Gasteiger partial charge in [0.25, 0.3) is 0 Å². The van der Waals surface area contributed by atoms with Gasteiger partial charge in [-0.15, -0.1) is 0 Å². The Balaban J connectivity index is 1.64. The first kappa shape index (κ1) is 24.4. The van der Waals surface area contributed by atoms with Crippen LogP contribution in [0.15, 0.2) is 24.4 Å². The molecule has 0 spiro atoms. The maximum atomic E-state index is 13.3. The van der Waals surface area contributed by atoms with Gasteiger partial charge in [0.15, 0.2) is 23.5 Å². The first-order valence-corrected chi connectivity index (χ1v) is 11.5. The number of hydrogen-bond acceptors (Lipinski definition) is 6. The van der Waals surface area contributed by atoms with Gasteiger partial charge in [0.1, 0.15) is 5.69 Å². The zero-order chi connectivity index (χ0) is 24.5. The first-order valence-electron chi connectivity index (χ1n) is 11.5. The maximum absolute atomic E-state index is 13.3. The van der Waals surface area contributed by atoms with Gasteiger partial charge in [-0.25, -0.2) is 9.97 Å². The second-order valence-electron chi connectivity index (χ2n) is 9.49. The van der Waals surface area contributed by atoms with Crippen molar-refractivity contribution in [1.82, 2.24) is 14.4 Å². The lowest BCUT2D eigenvalue weighted by Gasteiger charge is -2.22. The summed E-state index contributed by atoms with van der Waals surface area (Å²) in [6.07, 6.45) is 0.413. The molecule has 4 rings (SSSR count). The molecular formula is C24H29F3N4O3. The molecule has 184 valence electrons. The number of nitrogens with zero attached hydrogens (tertiary/aromatic N) is 3. The minimum Gasteiger partial charge on any atom is -0.367 e. The molecule has 1 atom stereocenters. The van der Waals surface area contributed by atoms with E-state index in [1.807, 2.05) is 0 Å². The number of alkyl halides is 3. The van der Waals surface area contributed by atoms with Crippen molar-refractivity contribution >= 4 is 28.3 Å². The fourth-order valence-corrected chi connectivity index (χ4v) is 3.91. The van der Waals surface area contributed by atoms with Crippen LogP contribution in [0, 0.1) is 5.41 Å². The minimum absolute atomic E-state index is 0.123. The number of ketones is 1. The summed E-state index contributed by atoms with van der Waals surface area (Å²) in [5, 5.41) is 3.16. The van der Waals surface area contributed by atoms with Crippen LogP contribution >= 0.6 is 0 Å². The molecule has 1 unspecified atom stereocenters. The molecule has 1 N–H and O–H groups in total. The van der Waals surface area contributed by atoms with Crippen LogP contribution in [-0.2, 0) is 15.7 Å². The molecule has 10 heteroatoms. The lowest BCUT2D eigenvalue weighted by Crippen LogP contribution is -2.23. The van der Waals surface area contributed by atoms with Crippen molar-refractivity contribution in [1.29, 1.82) is 0 Å². The number of rotatable bonds is 7. The van der Waals surface area contributed by atoms with Gasteiger partial charge in [0.2, 0.25) is 0 Å². The summed E-state index contributed by atoms with van der Waals surface area (Å²) >= 11 is 0. The van der Waals surface area contributed by atoms with E-state index in [2.05, 4.69) is 15.3 Å². The summed E-state index contributed by atoms with van der Waals surface area (Å²) in [4.78, 5) is 21.9. The van der Waals surface area contributed by atoms with Crippen LogP contribution in [0.3, 0.4) is 0 Å². The third kappa shape index (κ3) is 5.17. The molecule has 2 aromatic heterocycles. The summed E-state index contributed by atoms with van der Waals surface area (Å²) in [5.74, 6) is 0.146. The average Bonchev–Trinajstić information content (AvgIpc) is 3.23. The highest BCUT2D eigenvalue weighted by molar-refractivity contribution is 6.01. The molecule has 3 heterocycles. The van der Waals surface area contributed by atoms with Crippen LogP contribution in [0.1, 0.15) is 62.5 Å². The van der Waals surface area contributed by atoms with E-state index in [4.69, 9.17) is 9.47 Å². The average molecular weight is 479 g/mol. The topological polar surface area (TPSA) is 77.8 Å². The summed E-state index contributed by atoms with van der Waals surface area (Å²) < 4.78 is 52.9. The van der Waals surface area contributed by atoms with Crippen molar-refractivity contribution < 1.29 is 27.4 Å². The Morgan fingerprint density at radius 2 is 2.06 bits per heavy atom. The molecule has 1 aliphatic rings. The van der Waals surface area contributed by atoms with Gasteiger partial charge in [-0.2, -0.15) is 13.2 Å². The molecule has 1 saturated heterocycles. The third-order valence-electron chi connectivity index (χ3n) is 5.72. The number of ether oxygens (including phenoxy) is 2. The highest BCUT2D eigenvalue weighted by atomic mass is 19.4. The molecule has 0 amide bonds. The zero-order valence-electron chi connectivity index (χ0n) is 19.5. The smallest absolute Gasteiger partial charge is 0.367 e. The van der Waals surface area contributed by atoms with E-state index < -0.39 is 17.2 Å². The van der Waals surface area contributed by atoms with Gasteiger partial charge in [-0.05, 0) is 43.9 Å². The van der Waals surface area contributed by atoms with Crippen molar-refractivity contribution in [2.45, 2.75) is 58.9 Å². The number of hydrogen-bond donors (Lipinski definition) is 1. The maximum Gasteiger partial charge on any atom is 0.416 e. The molecule has 1 aliphatic heterocycles. The Morgan fingerprint density at radius 1 is 1.26 bits per heavy atom. The summed E-state index contributed by atoms with van der Waals surface area (Å²) in [5.41, 5.74) is -0.299. The molecular weight excluding hydrogens is 449 g/mol. The molecule has 1 fully saturated rings. The van der Waals surface area contributed by atoms with Gasteiger partial charge in [0.05, 0.1) is 29.4 Å². The molecule has 7 nitrogen and oxygen atoms in total. The highest BCUT2D eigenvalue weighted by Gasteiger charge is 2.32. The van der Waals surface area contributed by atoms with Gasteiger partial charge in [-0.3, -0.25) is 9.20 Å². The predicted molar refractivity (Wildman–Crippen MR) is 122 cm³/mol. The van der Waals surface area contributed by atoms with Crippen LogP contribution in [0.25, 0.3) is 16.7 Å². The van der Waals surface area contributed by atoms with Crippen LogP contribution < -0.4 is 5.32 Å². The van der Waals surface area contributed by atoms with Crippen LogP contribution in [0.2, 0.25) is 0 Å². The number of carbonyl (C=O) groups is 1. The normalized spacial score (nSPS) is 17.4. The molecule has 0 radical (unpaired) electrons. The Bertz CT molecular complexity index is 1180. The van der Waals surface area contributed by atoms with E-state index >= 15 is 0 Å². The zero-order valence-corrected chi connectivity index (χ0v) is 19.5. The van der Waals surface area contributed by atoms with E-state index in [-0.39, 0.29) is 17.6 Å². The lowest BCUT2D eigenvalue weighted by atomic mass is 9.89. The van der Waals surface area contributed by atoms with E-state index in [9.17, 15) is 18.0 Å². The summed E-state index contributed by atoms with van der Waals surface area (Å²) in [6, 6.07) is 3.32. The molecule has 0 aliphatic carbocycles. The number of aromatic nitrogens is 3. The first-order chi connectivity index (χ1) is 16.1. The van der Waals surface area contributed by atoms with Crippen LogP contribution in [-0.4, -0.2) is 46.2 Å². The number of Topliss-reactive ketones (excluding diaryl/α,β-unsaturated/α-hetero) is 1. The summed E-state index contributed by atoms with van der Waals surface area (Å²) in [6.45, 7) is 7.01. The number of anilines is 1. The van der Waals surface area contributed by atoms with Crippen molar-refractivity contribution in [3.63, 3.8) is 0 Å². The Morgan fingerprint density at radius 3 is 2.74 bits per heavy atom. The van der Waals surface area contributed by atoms with Crippen molar-refractivity contribution in [3.05, 3.63) is 35.7 Å². The third-order valence-corrected chi connectivity index (χ3v) is 5.72. The number of carbonyl (C=O) groups excluding carboxylic acids is 1. The van der Waals surface area contributed by atoms with Crippen LogP contribution in [0.4, 0.5) is 19.0 Å². The van der Waals surface area contributed by atoms with Gasteiger partial charge in [0, 0.05) is 18.6 Å². The molecule has 0 bridgehead atoms. The number of fused-ring (bicyclic) bond motifs is 3. The van der Waals surface area contributed by atoms with Gasteiger partial charge in [-0.1, -0.05) is 20.8 Å². The minimum atomic E-state index is -4.50. The Labute approximate surface area is 195 Å². The van der Waals surface area contributed by atoms with Crippen molar-refractivity contribution in [3.8, 4) is 0 Å². The fraction of sp³-hybridized carbons (Fsp3) is 0.542. The van der Waals surface area contributed by atoms with E-state index in [0.717, 1.165) is 31.4 Å². The van der Waals surface area contributed by atoms with Crippen molar-refractivity contribution in [2.75, 3.05) is 25.1 Å². The Kier molecular flexibility index (Phi) is 6.82.